The first kappa shape index (κ1) is 17.7. The molecule has 0 heterocycles. The van der Waals surface area contributed by atoms with Gasteiger partial charge >= 0.3 is 0 Å². The predicted octanol–water partition coefficient (Wildman–Crippen LogP) is 3.16. The number of methoxy groups -OCH3 is 1. The number of ketones is 1. The van der Waals surface area contributed by atoms with Crippen LogP contribution in [0.4, 0.5) is 4.39 Å². The molecule has 2 aromatic carbocycles. The third kappa shape index (κ3) is 4.91. The molecule has 24 heavy (non-hydrogen) atoms. The van der Waals surface area contributed by atoms with Crippen molar-refractivity contribution in [2.75, 3.05) is 13.7 Å². The van der Waals surface area contributed by atoms with Crippen LogP contribution in [-0.2, 0) is 11.2 Å². The summed E-state index contributed by atoms with van der Waals surface area (Å²) in [5.74, 6) is -0.372. The Balaban J connectivity index is 1.76. The van der Waals surface area contributed by atoms with Gasteiger partial charge in [0.15, 0.2) is 5.78 Å². The number of hydrogen-bond acceptors (Lipinski definition) is 3. The van der Waals surface area contributed by atoms with Gasteiger partial charge in [-0.3, -0.25) is 9.59 Å². The van der Waals surface area contributed by atoms with E-state index in [1.165, 1.54) is 18.2 Å². The number of Topliss-reactive ketones (excluding diaryl/α,β-unsaturated/α-hetero) is 1. The van der Waals surface area contributed by atoms with Crippen LogP contribution in [-0.4, -0.2) is 25.3 Å². The van der Waals surface area contributed by atoms with Crippen molar-refractivity contribution in [3.05, 3.63) is 65.5 Å². The Labute approximate surface area is 140 Å². The number of rotatable bonds is 8. The molecule has 126 valence electrons. The van der Waals surface area contributed by atoms with E-state index in [-0.39, 0.29) is 30.1 Å². The van der Waals surface area contributed by atoms with Crippen molar-refractivity contribution in [3.63, 3.8) is 0 Å². The molecule has 0 aromatic heterocycles. The molecule has 0 saturated carbocycles. The zero-order valence-electron chi connectivity index (χ0n) is 13.5. The molecule has 0 aliphatic rings. The molecule has 5 heteroatoms. The first-order valence-electron chi connectivity index (χ1n) is 7.78. The highest BCUT2D eigenvalue weighted by molar-refractivity contribution is 5.98. The molecule has 0 atom stereocenters. The number of para-hydroxylation sites is 1. The molecule has 0 aliphatic carbocycles. The molecule has 0 spiro atoms. The monoisotopic (exact) mass is 329 g/mol. The summed E-state index contributed by atoms with van der Waals surface area (Å²) in [6.07, 6.45) is 0.664. The summed E-state index contributed by atoms with van der Waals surface area (Å²) in [7, 11) is 1.60. The second-order valence-corrected chi connectivity index (χ2v) is 5.31. The number of amides is 1. The Morgan fingerprint density at radius 1 is 1.04 bits per heavy atom. The van der Waals surface area contributed by atoms with Crippen LogP contribution in [0.5, 0.6) is 5.75 Å². The third-order valence-corrected chi connectivity index (χ3v) is 3.66. The lowest BCUT2D eigenvalue weighted by atomic mass is 10.1. The Kier molecular flexibility index (Phi) is 6.49. The first-order chi connectivity index (χ1) is 11.6. The van der Waals surface area contributed by atoms with Crippen LogP contribution in [0.15, 0.2) is 48.5 Å². The number of carbonyl (C=O) groups is 2. The van der Waals surface area contributed by atoms with Crippen molar-refractivity contribution in [2.24, 2.45) is 0 Å². The first-order valence-corrected chi connectivity index (χ1v) is 7.78. The van der Waals surface area contributed by atoms with Crippen molar-refractivity contribution in [3.8, 4) is 5.75 Å². The number of carbonyl (C=O) groups excluding carboxylic acids is 2. The van der Waals surface area contributed by atoms with Crippen LogP contribution >= 0.6 is 0 Å². The van der Waals surface area contributed by atoms with E-state index in [0.717, 1.165) is 11.3 Å². The topological polar surface area (TPSA) is 55.4 Å². The summed E-state index contributed by atoms with van der Waals surface area (Å²) < 4.78 is 18.7. The highest BCUT2D eigenvalue weighted by atomic mass is 19.1. The second kappa shape index (κ2) is 8.82. The predicted molar refractivity (Wildman–Crippen MR) is 89.7 cm³/mol. The van der Waals surface area contributed by atoms with Gasteiger partial charge in [-0.2, -0.15) is 0 Å². The van der Waals surface area contributed by atoms with Crippen molar-refractivity contribution in [1.82, 2.24) is 5.32 Å². The Morgan fingerprint density at radius 2 is 1.75 bits per heavy atom. The molecule has 4 nitrogen and oxygen atoms in total. The van der Waals surface area contributed by atoms with E-state index in [1.807, 2.05) is 24.3 Å². The number of benzene rings is 2. The third-order valence-electron chi connectivity index (χ3n) is 3.66. The molecule has 0 fully saturated rings. The standard InChI is InChI=1S/C19H20FNO3/c1-24-18-9-5-2-6-14(18)12-13-21-19(23)11-10-17(22)15-7-3-4-8-16(15)20/h2-9H,10-13H2,1H3,(H,21,23). The van der Waals surface area contributed by atoms with Gasteiger partial charge in [-0.15, -0.1) is 0 Å². The zero-order chi connectivity index (χ0) is 17.4. The summed E-state index contributed by atoms with van der Waals surface area (Å²) in [5.41, 5.74) is 1.03. The smallest absolute Gasteiger partial charge is 0.220 e. The van der Waals surface area contributed by atoms with Crippen LogP contribution in [0.2, 0.25) is 0 Å². The van der Waals surface area contributed by atoms with Gasteiger partial charge in [0.1, 0.15) is 11.6 Å². The van der Waals surface area contributed by atoms with E-state index < -0.39 is 5.82 Å². The lowest BCUT2D eigenvalue weighted by Gasteiger charge is -2.09. The van der Waals surface area contributed by atoms with E-state index in [2.05, 4.69) is 5.32 Å². The van der Waals surface area contributed by atoms with Crippen molar-refractivity contribution in [1.29, 1.82) is 0 Å². The Bertz CT molecular complexity index is 715. The number of halogens is 1. The Morgan fingerprint density at radius 3 is 2.50 bits per heavy atom. The summed E-state index contributed by atoms with van der Waals surface area (Å²) in [6.45, 7) is 0.451. The molecule has 1 N–H and O–H groups in total. The van der Waals surface area contributed by atoms with Gasteiger partial charge in [-0.1, -0.05) is 30.3 Å². The molecule has 0 radical (unpaired) electrons. The number of ether oxygens (including phenoxy) is 1. The van der Waals surface area contributed by atoms with Gasteiger partial charge in [0.2, 0.25) is 5.91 Å². The molecule has 0 aliphatic heterocycles. The fraction of sp³-hybridized carbons (Fsp3) is 0.263. The fourth-order valence-corrected chi connectivity index (χ4v) is 2.38. The van der Waals surface area contributed by atoms with Crippen LogP contribution in [0.1, 0.15) is 28.8 Å². The minimum absolute atomic E-state index is 0.0125. The van der Waals surface area contributed by atoms with Crippen LogP contribution in [0.25, 0.3) is 0 Å². The molecular formula is C19H20FNO3. The highest BCUT2D eigenvalue weighted by Gasteiger charge is 2.12. The normalized spacial score (nSPS) is 10.2. The lowest BCUT2D eigenvalue weighted by molar-refractivity contribution is -0.121. The quantitative estimate of drug-likeness (QED) is 0.757. The summed E-state index contributed by atoms with van der Waals surface area (Å²) >= 11 is 0. The lowest BCUT2D eigenvalue weighted by Crippen LogP contribution is -2.26. The average molecular weight is 329 g/mol. The minimum Gasteiger partial charge on any atom is -0.496 e. The van der Waals surface area contributed by atoms with Gasteiger partial charge < -0.3 is 10.1 Å². The van der Waals surface area contributed by atoms with E-state index in [0.29, 0.717) is 13.0 Å². The molecule has 1 amide bonds. The van der Waals surface area contributed by atoms with E-state index >= 15 is 0 Å². The average Bonchev–Trinajstić information content (AvgIpc) is 2.60. The van der Waals surface area contributed by atoms with Crippen molar-refractivity contribution >= 4 is 11.7 Å². The molecule has 0 bridgehead atoms. The maximum Gasteiger partial charge on any atom is 0.220 e. The largest absolute Gasteiger partial charge is 0.496 e. The molecule has 2 rings (SSSR count). The Hall–Kier alpha value is -2.69. The van der Waals surface area contributed by atoms with Crippen molar-refractivity contribution in [2.45, 2.75) is 19.3 Å². The van der Waals surface area contributed by atoms with Gasteiger partial charge in [0, 0.05) is 19.4 Å². The van der Waals surface area contributed by atoms with Crippen LogP contribution in [0, 0.1) is 5.82 Å². The maximum absolute atomic E-state index is 13.5. The fourth-order valence-electron chi connectivity index (χ4n) is 2.38. The minimum atomic E-state index is -0.556. The van der Waals surface area contributed by atoms with Crippen LogP contribution in [0.3, 0.4) is 0 Å². The number of nitrogens with one attached hydrogen (secondary N) is 1. The summed E-state index contributed by atoms with van der Waals surface area (Å²) in [5, 5.41) is 2.76. The summed E-state index contributed by atoms with van der Waals surface area (Å²) in [6, 6.07) is 13.4. The van der Waals surface area contributed by atoms with Crippen LogP contribution < -0.4 is 10.1 Å². The molecule has 0 unspecified atom stereocenters. The van der Waals surface area contributed by atoms with Gasteiger partial charge in [-0.25, -0.2) is 4.39 Å². The van der Waals surface area contributed by atoms with E-state index in [9.17, 15) is 14.0 Å². The highest BCUT2D eigenvalue weighted by Crippen LogP contribution is 2.17. The molecular weight excluding hydrogens is 309 g/mol. The van der Waals surface area contributed by atoms with Gasteiger partial charge in [0.25, 0.3) is 0 Å². The summed E-state index contributed by atoms with van der Waals surface area (Å²) in [4.78, 5) is 23.7. The second-order valence-electron chi connectivity index (χ2n) is 5.31. The zero-order valence-corrected chi connectivity index (χ0v) is 13.5. The maximum atomic E-state index is 13.5. The van der Waals surface area contributed by atoms with E-state index in [4.69, 9.17) is 4.74 Å². The van der Waals surface area contributed by atoms with Gasteiger partial charge in [-0.05, 0) is 30.2 Å². The number of hydrogen-bond donors (Lipinski definition) is 1. The van der Waals surface area contributed by atoms with Gasteiger partial charge in [0.05, 0.1) is 12.7 Å². The van der Waals surface area contributed by atoms with E-state index in [1.54, 1.807) is 13.2 Å². The SMILES string of the molecule is COc1ccccc1CCNC(=O)CCC(=O)c1ccccc1F. The molecule has 0 saturated heterocycles. The van der Waals surface area contributed by atoms with Crippen molar-refractivity contribution < 1.29 is 18.7 Å². The molecule has 2 aromatic rings.